The zero-order valence-corrected chi connectivity index (χ0v) is 18.5. The SMILES string of the molecule is Cn1cccc1C(=O)N1CCN(c2ncc(-c3ccccc3)c3nc(C(F)(F)F)ccc23)CC1. The number of halogens is 3. The molecule has 1 saturated heterocycles. The van der Waals surface area contributed by atoms with E-state index in [0.29, 0.717) is 48.6 Å². The van der Waals surface area contributed by atoms with Crippen molar-refractivity contribution in [2.24, 2.45) is 7.05 Å². The number of piperazine rings is 1. The largest absolute Gasteiger partial charge is 0.433 e. The van der Waals surface area contributed by atoms with Gasteiger partial charge in [-0.05, 0) is 29.8 Å². The molecule has 0 bridgehead atoms. The molecule has 0 unspecified atom stereocenters. The molecule has 0 N–H and O–H groups in total. The highest BCUT2D eigenvalue weighted by Gasteiger charge is 2.33. The molecular formula is C25H22F3N5O. The van der Waals surface area contributed by atoms with Crippen molar-refractivity contribution >= 4 is 22.6 Å². The van der Waals surface area contributed by atoms with Crippen LogP contribution in [0.2, 0.25) is 0 Å². The predicted molar refractivity (Wildman–Crippen MR) is 124 cm³/mol. The van der Waals surface area contributed by atoms with Gasteiger partial charge in [-0.1, -0.05) is 30.3 Å². The van der Waals surface area contributed by atoms with Crippen LogP contribution in [0.15, 0.2) is 67.0 Å². The summed E-state index contributed by atoms with van der Waals surface area (Å²) in [5.41, 5.74) is 1.23. The maximum Gasteiger partial charge on any atom is 0.433 e. The van der Waals surface area contributed by atoms with Gasteiger partial charge in [0.2, 0.25) is 0 Å². The summed E-state index contributed by atoms with van der Waals surface area (Å²) in [6.45, 7) is 2.01. The van der Waals surface area contributed by atoms with Crippen LogP contribution in [-0.2, 0) is 13.2 Å². The zero-order chi connectivity index (χ0) is 23.9. The summed E-state index contributed by atoms with van der Waals surface area (Å²) < 4.78 is 42.1. The van der Waals surface area contributed by atoms with Crippen molar-refractivity contribution in [1.29, 1.82) is 0 Å². The van der Waals surface area contributed by atoms with Crippen molar-refractivity contribution in [3.8, 4) is 11.1 Å². The summed E-state index contributed by atoms with van der Waals surface area (Å²) >= 11 is 0. The maximum absolute atomic E-state index is 13.4. The molecule has 0 atom stereocenters. The second-order valence-corrected chi connectivity index (χ2v) is 8.24. The van der Waals surface area contributed by atoms with E-state index in [9.17, 15) is 18.0 Å². The van der Waals surface area contributed by atoms with Gasteiger partial charge < -0.3 is 14.4 Å². The molecular weight excluding hydrogens is 443 g/mol. The lowest BCUT2D eigenvalue weighted by molar-refractivity contribution is -0.140. The van der Waals surface area contributed by atoms with Gasteiger partial charge in [0.05, 0.1) is 5.52 Å². The number of pyridine rings is 2. The monoisotopic (exact) mass is 465 g/mol. The van der Waals surface area contributed by atoms with E-state index in [1.54, 1.807) is 21.7 Å². The molecule has 0 aliphatic carbocycles. The number of benzene rings is 1. The Morgan fingerprint density at radius 1 is 0.941 bits per heavy atom. The molecule has 9 heteroatoms. The lowest BCUT2D eigenvalue weighted by atomic mass is 10.0. The highest BCUT2D eigenvalue weighted by Crippen LogP contribution is 2.36. The average Bonchev–Trinajstić information content (AvgIpc) is 3.28. The Kier molecular flexibility index (Phi) is 5.47. The normalized spacial score (nSPS) is 14.6. The number of carbonyl (C=O) groups excluding carboxylic acids is 1. The van der Waals surface area contributed by atoms with Gasteiger partial charge >= 0.3 is 6.18 Å². The first kappa shape index (κ1) is 21.9. The summed E-state index contributed by atoms with van der Waals surface area (Å²) in [5.74, 6) is 0.530. The number of anilines is 1. The number of aryl methyl sites for hydroxylation is 1. The number of hydrogen-bond donors (Lipinski definition) is 0. The number of nitrogens with zero attached hydrogens (tertiary/aromatic N) is 5. The van der Waals surface area contributed by atoms with Crippen molar-refractivity contribution in [3.63, 3.8) is 0 Å². The molecule has 34 heavy (non-hydrogen) atoms. The highest BCUT2D eigenvalue weighted by atomic mass is 19.4. The number of aromatic nitrogens is 3. The van der Waals surface area contributed by atoms with E-state index in [1.165, 1.54) is 6.07 Å². The van der Waals surface area contributed by atoms with E-state index in [-0.39, 0.29) is 11.4 Å². The molecule has 4 heterocycles. The van der Waals surface area contributed by atoms with Crippen molar-refractivity contribution in [1.82, 2.24) is 19.4 Å². The number of amides is 1. The molecule has 0 radical (unpaired) electrons. The summed E-state index contributed by atoms with van der Waals surface area (Å²) in [4.78, 5) is 25.2. The van der Waals surface area contributed by atoms with Crippen molar-refractivity contribution < 1.29 is 18.0 Å². The third-order valence-electron chi connectivity index (χ3n) is 6.11. The van der Waals surface area contributed by atoms with E-state index in [0.717, 1.165) is 11.6 Å². The Labute approximate surface area is 194 Å². The minimum atomic E-state index is -4.55. The Morgan fingerprint density at radius 2 is 1.68 bits per heavy atom. The molecule has 5 rings (SSSR count). The Bertz CT molecular complexity index is 1340. The minimum absolute atomic E-state index is 0.0409. The van der Waals surface area contributed by atoms with Gasteiger partial charge in [-0.2, -0.15) is 13.2 Å². The maximum atomic E-state index is 13.4. The first-order valence-electron chi connectivity index (χ1n) is 10.9. The lowest BCUT2D eigenvalue weighted by Crippen LogP contribution is -2.49. The van der Waals surface area contributed by atoms with Gasteiger partial charge in [0.1, 0.15) is 17.2 Å². The average molecular weight is 465 g/mol. The van der Waals surface area contributed by atoms with Gasteiger partial charge in [-0.15, -0.1) is 0 Å². The van der Waals surface area contributed by atoms with Crippen molar-refractivity contribution in [3.05, 3.63) is 78.4 Å². The lowest BCUT2D eigenvalue weighted by Gasteiger charge is -2.36. The van der Waals surface area contributed by atoms with E-state index in [4.69, 9.17) is 0 Å². The van der Waals surface area contributed by atoms with Crippen LogP contribution in [0.4, 0.5) is 19.0 Å². The molecule has 1 aromatic carbocycles. The fraction of sp³-hybridized carbons (Fsp3) is 0.240. The van der Waals surface area contributed by atoms with Gasteiger partial charge in [-0.25, -0.2) is 9.97 Å². The molecule has 0 spiro atoms. The summed E-state index contributed by atoms with van der Waals surface area (Å²) in [6.07, 6.45) is -1.13. The van der Waals surface area contributed by atoms with Crippen LogP contribution in [0.3, 0.4) is 0 Å². The van der Waals surface area contributed by atoms with Gasteiger partial charge in [0.25, 0.3) is 5.91 Å². The van der Waals surface area contributed by atoms with Crippen molar-refractivity contribution in [2.45, 2.75) is 6.18 Å². The minimum Gasteiger partial charge on any atom is -0.353 e. The molecule has 1 aliphatic heterocycles. The van der Waals surface area contributed by atoms with Crippen LogP contribution >= 0.6 is 0 Å². The van der Waals surface area contributed by atoms with E-state index >= 15 is 0 Å². The summed E-state index contributed by atoms with van der Waals surface area (Å²) in [5, 5.41) is 0.552. The Morgan fingerprint density at radius 3 is 2.32 bits per heavy atom. The van der Waals surface area contributed by atoms with Crippen LogP contribution in [0.5, 0.6) is 0 Å². The van der Waals surface area contributed by atoms with E-state index in [1.807, 2.05) is 54.5 Å². The first-order valence-corrected chi connectivity index (χ1v) is 10.9. The molecule has 4 aromatic rings. The van der Waals surface area contributed by atoms with Crippen LogP contribution < -0.4 is 4.90 Å². The molecule has 1 aliphatic rings. The highest BCUT2D eigenvalue weighted by molar-refractivity contribution is 5.99. The Hall–Kier alpha value is -3.88. The van der Waals surface area contributed by atoms with Crippen LogP contribution in [-0.4, -0.2) is 51.5 Å². The first-order chi connectivity index (χ1) is 16.3. The topological polar surface area (TPSA) is 54.3 Å². The third-order valence-corrected chi connectivity index (χ3v) is 6.11. The van der Waals surface area contributed by atoms with Crippen LogP contribution in [0, 0.1) is 0 Å². The van der Waals surface area contributed by atoms with Crippen LogP contribution in [0.1, 0.15) is 16.2 Å². The molecule has 0 saturated carbocycles. The number of alkyl halides is 3. The van der Waals surface area contributed by atoms with Gasteiger partial charge in [0, 0.05) is 56.6 Å². The quantitative estimate of drug-likeness (QED) is 0.443. The standard InChI is InChI=1S/C25H22F3N5O/c1-31-11-5-8-20(31)24(34)33-14-12-32(13-15-33)23-18-9-10-21(25(26,27)28)30-22(18)19(16-29-23)17-6-3-2-4-7-17/h2-11,16H,12-15H2,1H3. The smallest absolute Gasteiger partial charge is 0.353 e. The second kappa shape index (κ2) is 8.48. The van der Waals surface area contributed by atoms with E-state index in [2.05, 4.69) is 9.97 Å². The second-order valence-electron chi connectivity index (χ2n) is 8.24. The van der Waals surface area contributed by atoms with Crippen molar-refractivity contribution in [2.75, 3.05) is 31.1 Å². The molecule has 1 amide bonds. The van der Waals surface area contributed by atoms with Gasteiger partial charge in [-0.3, -0.25) is 4.79 Å². The Balaban J connectivity index is 1.49. The van der Waals surface area contributed by atoms with Gasteiger partial charge in [0.15, 0.2) is 0 Å². The summed E-state index contributed by atoms with van der Waals surface area (Å²) in [7, 11) is 1.83. The fourth-order valence-corrected chi connectivity index (χ4v) is 4.31. The van der Waals surface area contributed by atoms with E-state index < -0.39 is 11.9 Å². The zero-order valence-electron chi connectivity index (χ0n) is 18.5. The van der Waals surface area contributed by atoms with Crippen LogP contribution in [0.25, 0.3) is 22.0 Å². The summed E-state index contributed by atoms with van der Waals surface area (Å²) in [6, 6.07) is 15.2. The number of fused-ring (bicyclic) bond motifs is 1. The molecule has 174 valence electrons. The fourth-order valence-electron chi connectivity index (χ4n) is 4.31. The number of carbonyl (C=O) groups is 1. The molecule has 1 fully saturated rings. The predicted octanol–water partition coefficient (Wildman–Crippen LogP) is 4.62. The number of hydrogen-bond acceptors (Lipinski definition) is 4. The third kappa shape index (κ3) is 3.98. The number of rotatable bonds is 3. The molecule has 6 nitrogen and oxygen atoms in total. The molecule has 3 aromatic heterocycles.